The minimum Gasteiger partial charge on any atom is -0.374 e. The minimum atomic E-state index is 0.348. The summed E-state index contributed by atoms with van der Waals surface area (Å²) in [5, 5.41) is 4.10. The fourth-order valence-electron chi connectivity index (χ4n) is 1.34. The summed E-state index contributed by atoms with van der Waals surface area (Å²) < 4.78 is 6.91. The van der Waals surface area contributed by atoms with Gasteiger partial charge in [-0.05, 0) is 13.0 Å². The van der Waals surface area contributed by atoms with Crippen molar-refractivity contribution < 1.29 is 4.74 Å². The molecule has 0 saturated carbocycles. The topological polar surface area (TPSA) is 90.9 Å². The third-order valence-electron chi connectivity index (χ3n) is 2.08. The number of nitrogens with zero attached hydrogens (tertiary/aromatic N) is 4. The Balaban J connectivity index is 2.32. The van der Waals surface area contributed by atoms with Crippen LogP contribution in [0.4, 0.5) is 5.82 Å². The van der Waals surface area contributed by atoms with Crippen molar-refractivity contribution in [1.82, 2.24) is 19.7 Å². The van der Waals surface area contributed by atoms with E-state index in [0.717, 1.165) is 0 Å². The van der Waals surface area contributed by atoms with Crippen LogP contribution in [-0.2, 0) is 11.3 Å². The second-order valence-corrected chi connectivity index (χ2v) is 3.26. The van der Waals surface area contributed by atoms with Crippen LogP contribution < -0.4 is 11.3 Å². The van der Waals surface area contributed by atoms with Gasteiger partial charge < -0.3 is 10.2 Å². The number of nitrogens with one attached hydrogen (secondary N) is 1. The summed E-state index contributed by atoms with van der Waals surface area (Å²) in [7, 11) is 0. The van der Waals surface area contributed by atoms with Crippen LogP contribution in [0.3, 0.4) is 0 Å². The third kappa shape index (κ3) is 2.77. The Morgan fingerprint density at radius 2 is 2.35 bits per heavy atom. The van der Waals surface area contributed by atoms with E-state index in [9.17, 15) is 0 Å². The van der Waals surface area contributed by atoms with Crippen molar-refractivity contribution in [3.8, 4) is 5.82 Å². The van der Waals surface area contributed by atoms with Crippen LogP contribution in [0.5, 0.6) is 0 Å². The van der Waals surface area contributed by atoms with Crippen molar-refractivity contribution in [2.75, 3.05) is 12.0 Å². The van der Waals surface area contributed by atoms with Gasteiger partial charge in [0.2, 0.25) is 0 Å². The van der Waals surface area contributed by atoms with Crippen molar-refractivity contribution >= 4 is 5.82 Å². The Labute approximate surface area is 98.6 Å². The average Bonchev–Trinajstić information content (AvgIpc) is 2.89. The van der Waals surface area contributed by atoms with Crippen LogP contribution in [0.15, 0.2) is 24.5 Å². The Kier molecular flexibility index (Phi) is 3.63. The lowest BCUT2D eigenvalue weighted by Crippen LogP contribution is -2.13. The average molecular weight is 234 g/mol. The maximum Gasteiger partial charge on any atom is 0.159 e. The number of ether oxygens (including phenoxy) is 1. The lowest BCUT2D eigenvalue weighted by Gasteiger charge is -2.07. The zero-order valence-corrected chi connectivity index (χ0v) is 9.50. The fraction of sp³-hybridized carbons (Fsp3) is 0.300. The number of nitrogens with two attached hydrogens (primary N) is 1. The van der Waals surface area contributed by atoms with Crippen molar-refractivity contribution in [1.29, 1.82) is 0 Å². The van der Waals surface area contributed by atoms with Gasteiger partial charge in [-0.2, -0.15) is 5.10 Å². The van der Waals surface area contributed by atoms with E-state index >= 15 is 0 Å². The van der Waals surface area contributed by atoms with Crippen LogP contribution >= 0.6 is 0 Å². The summed E-state index contributed by atoms with van der Waals surface area (Å²) in [4.78, 5) is 8.52. The van der Waals surface area contributed by atoms with E-state index in [1.54, 1.807) is 23.1 Å². The summed E-state index contributed by atoms with van der Waals surface area (Å²) in [6.07, 6.45) is 3.48. The van der Waals surface area contributed by atoms with Crippen molar-refractivity contribution in [3.63, 3.8) is 0 Å². The number of aromatic nitrogens is 4. The maximum atomic E-state index is 5.36. The lowest BCUT2D eigenvalue weighted by molar-refractivity contribution is 0.128. The van der Waals surface area contributed by atoms with Crippen LogP contribution in [0.25, 0.3) is 5.82 Å². The van der Waals surface area contributed by atoms with Crippen LogP contribution in [0, 0.1) is 0 Å². The minimum absolute atomic E-state index is 0.348. The van der Waals surface area contributed by atoms with E-state index in [2.05, 4.69) is 20.5 Å². The summed E-state index contributed by atoms with van der Waals surface area (Å²) in [6.45, 7) is 2.88. The maximum absolute atomic E-state index is 5.36. The summed E-state index contributed by atoms with van der Waals surface area (Å²) in [5.41, 5.74) is 2.50. The van der Waals surface area contributed by atoms with E-state index in [0.29, 0.717) is 30.7 Å². The number of hydrogen-bond acceptors (Lipinski definition) is 6. The van der Waals surface area contributed by atoms with E-state index in [4.69, 9.17) is 10.6 Å². The van der Waals surface area contributed by atoms with Gasteiger partial charge in [-0.1, -0.05) is 0 Å². The predicted octanol–water partition coefficient (Wildman–Crippen LogP) is 0.484. The number of rotatable bonds is 5. The molecule has 2 rings (SSSR count). The Bertz CT molecular complexity index is 470. The highest BCUT2D eigenvalue weighted by Crippen LogP contribution is 2.10. The molecule has 2 aromatic rings. The molecule has 0 spiro atoms. The molecule has 0 aromatic carbocycles. The molecule has 0 unspecified atom stereocenters. The molecule has 7 heteroatoms. The van der Waals surface area contributed by atoms with Gasteiger partial charge >= 0.3 is 0 Å². The van der Waals surface area contributed by atoms with Crippen molar-refractivity contribution in [2.45, 2.75) is 13.5 Å². The normalized spacial score (nSPS) is 10.5. The van der Waals surface area contributed by atoms with Gasteiger partial charge in [0.05, 0.1) is 0 Å². The molecule has 2 aromatic heterocycles. The first-order valence-electron chi connectivity index (χ1n) is 5.26. The molecule has 0 aliphatic heterocycles. The Morgan fingerprint density at radius 1 is 1.47 bits per heavy atom. The SMILES string of the molecule is CCOCc1nc(NN)cc(-n2cccn2)n1. The van der Waals surface area contributed by atoms with Gasteiger partial charge in [-0.15, -0.1) is 0 Å². The van der Waals surface area contributed by atoms with Crippen LogP contribution in [0.1, 0.15) is 12.7 Å². The molecular weight excluding hydrogens is 220 g/mol. The van der Waals surface area contributed by atoms with Gasteiger partial charge in [0.25, 0.3) is 0 Å². The predicted molar refractivity (Wildman–Crippen MR) is 62.3 cm³/mol. The van der Waals surface area contributed by atoms with E-state index in [-0.39, 0.29) is 0 Å². The number of anilines is 1. The number of hydrazine groups is 1. The van der Waals surface area contributed by atoms with E-state index in [1.165, 1.54) is 0 Å². The molecular formula is C10H14N6O. The molecule has 3 N–H and O–H groups in total. The van der Waals surface area contributed by atoms with Crippen LogP contribution in [0.2, 0.25) is 0 Å². The zero-order chi connectivity index (χ0) is 12.1. The summed E-state index contributed by atoms with van der Waals surface area (Å²) in [6, 6.07) is 3.53. The smallest absolute Gasteiger partial charge is 0.159 e. The fourth-order valence-corrected chi connectivity index (χ4v) is 1.34. The summed E-state index contributed by atoms with van der Waals surface area (Å²) in [5.74, 6) is 7.10. The van der Waals surface area contributed by atoms with Crippen LogP contribution in [-0.4, -0.2) is 26.4 Å². The monoisotopic (exact) mass is 234 g/mol. The highest BCUT2D eigenvalue weighted by molar-refractivity contribution is 5.40. The molecule has 0 fully saturated rings. The molecule has 17 heavy (non-hydrogen) atoms. The molecule has 90 valence electrons. The first-order chi connectivity index (χ1) is 8.33. The second-order valence-electron chi connectivity index (χ2n) is 3.26. The zero-order valence-electron chi connectivity index (χ0n) is 9.50. The van der Waals surface area contributed by atoms with Crippen molar-refractivity contribution in [2.24, 2.45) is 5.84 Å². The van der Waals surface area contributed by atoms with Gasteiger partial charge in [0, 0.05) is 25.1 Å². The Hall–Kier alpha value is -1.99. The van der Waals surface area contributed by atoms with Gasteiger partial charge in [-0.25, -0.2) is 20.5 Å². The van der Waals surface area contributed by atoms with Gasteiger partial charge in [0.15, 0.2) is 11.6 Å². The first-order valence-corrected chi connectivity index (χ1v) is 5.26. The van der Waals surface area contributed by atoms with E-state index in [1.807, 2.05) is 13.0 Å². The second kappa shape index (κ2) is 5.37. The number of nitrogen functional groups attached to an aromatic ring is 1. The highest BCUT2D eigenvalue weighted by atomic mass is 16.5. The van der Waals surface area contributed by atoms with Gasteiger partial charge in [0.1, 0.15) is 12.4 Å². The van der Waals surface area contributed by atoms with Crippen molar-refractivity contribution in [3.05, 3.63) is 30.4 Å². The number of hydrogen-bond donors (Lipinski definition) is 2. The molecule has 7 nitrogen and oxygen atoms in total. The molecule has 0 aliphatic carbocycles. The highest BCUT2D eigenvalue weighted by Gasteiger charge is 2.05. The lowest BCUT2D eigenvalue weighted by atomic mass is 10.5. The molecule has 0 saturated heterocycles. The quantitative estimate of drug-likeness (QED) is 0.577. The Morgan fingerprint density at radius 3 is 3.00 bits per heavy atom. The standard InChI is InChI=1S/C10H14N6O/c1-2-17-7-9-13-8(15-11)6-10(14-9)16-5-3-4-12-16/h3-6H,2,7,11H2,1H3,(H,13,14,15). The van der Waals surface area contributed by atoms with Gasteiger partial charge in [-0.3, -0.25) is 0 Å². The molecule has 0 bridgehead atoms. The largest absolute Gasteiger partial charge is 0.374 e. The summed E-state index contributed by atoms with van der Waals surface area (Å²) >= 11 is 0. The first kappa shape index (κ1) is 11.5. The molecule has 0 aliphatic rings. The molecule has 0 radical (unpaired) electrons. The van der Waals surface area contributed by atoms with E-state index < -0.39 is 0 Å². The molecule has 0 amide bonds. The molecule has 2 heterocycles. The third-order valence-corrected chi connectivity index (χ3v) is 2.08. The molecule has 0 atom stereocenters.